The summed E-state index contributed by atoms with van der Waals surface area (Å²) in [6.07, 6.45) is 2.47. The molecule has 0 radical (unpaired) electrons. The van der Waals surface area contributed by atoms with Crippen LogP contribution in [0.15, 0.2) is 18.3 Å². The normalized spacial score (nSPS) is 11.7. The summed E-state index contributed by atoms with van der Waals surface area (Å²) in [5.74, 6) is 0. The molecule has 1 rings (SSSR count). The summed E-state index contributed by atoms with van der Waals surface area (Å²) in [6.45, 7) is 5.55. The van der Waals surface area contributed by atoms with Crippen LogP contribution in [0.5, 0.6) is 0 Å². The van der Waals surface area contributed by atoms with Gasteiger partial charge in [-0.3, -0.25) is 4.98 Å². The minimum Gasteiger partial charge on any atom is -0.390 e. The summed E-state index contributed by atoms with van der Waals surface area (Å²) >= 11 is 0. The van der Waals surface area contributed by atoms with Crippen molar-refractivity contribution in [2.24, 2.45) is 0 Å². The highest BCUT2D eigenvalue weighted by atomic mass is 16.3. The molecule has 1 N–H and O–H groups in total. The molecule has 0 aliphatic heterocycles. The molecule has 66 valence electrons. The molecule has 1 heterocycles. The highest BCUT2D eigenvalue weighted by molar-refractivity contribution is 5.14. The van der Waals surface area contributed by atoms with Crippen LogP contribution in [-0.4, -0.2) is 15.7 Å². The first kappa shape index (κ1) is 9.20. The molecule has 0 atom stereocenters. The van der Waals surface area contributed by atoms with E-state index in [9.17, 15) is 5.11 Å². The van der Waals surface area contributed by atoms with Crippen molar-refractivity contribution in [1.29, 1.82) is 0 Å². The van der Waals surface area contributed by atoms with Crippen molar-refractivity contribution in [3.05, 3.63) is 29.6 Å². The van der Waals surface area contributed by atoms with E-state index in [1.54, 1.807) is 13.8 Å². The fraction of sp³-hybridized carbons (Fsp3) is 0.500. The molecule has 0 saturated heterocycles. The Kier molecular flexibility index (Phi) is 2.48. The highest BCUT2D eigenvalue weighted by Gasteiger charge is 2.12. The van der Waals surface area contributed by atoms with Crippen molar-refractivity contribution in [3.63, 3.8) is 0 Å². The van der Waals surface area contributed by atoms with E-state index >= 15 is 0 Å². The van der Waals surface area contributed by atoms with Crippen molar-refractivity contribution in [3.8, 4) is 0 Å². The van der Waals surface area contributed by atoms with E-state index in [1.807, 2.05) is 25.3 Å². The number of nitrogens with zero attached hydrogens (tertiary/aromatic N) is 1. The fourth-order valence-corrected chi connectivity index (χ4v) is 1.10. The zero-order chi connectivity index (χ0) is 9.19. The Morgan fingerprint density at radius 1 is 1.42 bits per heavy atom. The van der Waals surface area contributed by atoms with E-state index in [0.717, 1.165) is 11.3 Å². The van der Waals surface area contributed by atoms with Gasteiger partial charge in [0.05, 0.1) is 5.60 Å². The van der Waals surface area contributed by atoms with Gasteiger partial charge in [0.25, 0.3) is 0 Å². The van der Waals surface area contributed by atoms with Crippen LogP contribution in [0.2, 0.25) is 0 Å². The zero-order valence-electron chi connectivity index (χ0n) is 7.83. The third-order valence-corrected chi connectivity index (χ3v) is 1.61. The van der Waals surface area contributed by atoms with Crippen LogP contribution in [0.4, 0.5) is 0 Å². The van der Waals surface area contributed by atoms with Gasteiger partial charge in [0.1, 0.15) is 0 Å². The van der Waals surface area contributed by atoms with Gasteiger partial charge < -0.3 is 5.11 Å². The van der Waals surface area contributed by atoms with Crippen LogP contribution < -0.4 is 0 Å². The topological polar surface area (TPSA) is 33.1 Å². The molecule has 0 aromatic carbocycles. The monoisotopic (exact) mass is 165 g/mol. The molecule has 0 saturated carbocycles. The number of aliphatic hydroxyl groups is 1. The maximum absolute atomic E-state index is 9.51. The molecular weight excluding hydrogens is 150 g/mol. The molecule has 0 aliphatic carbocycles. The maximum Gasteiger partial charge on any atom is 0.0632 e. The number of pyridine rings is 1. The molecule has 2 nitrogen and oxygen atoms in total. The lowest BCUT2D eigenvalue weighted by Gasteiger charge is -2.16. The molecule has 1 aromatic heterocycles. The van der Waals surface area contributed by atoms with Crippen LogP contribution >= 0.6 is 0 Å². The largest absolute Gasteiger partial charge is 0.390 e. The lowest BCUT2D eigenvalue weighted by Crippen LogP contribution is -2.21. The van der Waals surface area contributed by atoms with Crippen molar-refractivity contribution >= 4 is 0 Å². The van der Waals surface area contributed by atoms with E-state index < -0.39 is 5.60 Å². The zero-order valence-corrected chi connectivity index (χ0v) is 7.83. The summed E-state index contributed by atoms with van der Waals surface area (Å²) in [5, 5.41) is 9.51. The van der Waals surface area contributed by atoms with Gasteiger partial charge in [-0.25, -0.2) is 0 Å². The van der Waals surface area contributed by atoms with Gasteiger partial charge >= 0.3 is 0 Å². The minimum atomic E-state index is -0.642. The van der Waals surface area contributed by atoms with Crippen molar-refractivity contribution in [2.45, 2.75) is 32.8 Å². The van der Waals surface area contributed by atoms with Crippen LogP contribution in [0, 0.1) is 6.92 Å². The smallest absolute Gasteiger partial charge is 0.0632 e. The summed E-state index contributed by atoms with van der Waals surface area (Å²) in [6, 6.07) is 3.96. The van der Waals surface area contributed by atoms with Crippen LogP contribution in [0.25, 0.3) is 0 Å². The second-order valence-corrected chi connectivity index (χ2v) is 3.80. The Balaban J connectivity index is 2.71. The molecule has 0 unspecified atom stereocenters. The second-order valence-electron chi connectivity index (χ2n) is 3.80. The van der Waals surface area contributed by atoms with Crippen molar-refractivity contribution in [1.82, 2.24) is 4.98 Å². The summed E-state index contributed by atoms with van der Waals surface area (Å²) < 4.78 is 0. The predicted molar refractivity (Wildman–Crippen MR) is 49.0 cm³/mol. The molecule has 0 aliphatic rings. The third-order valence-electron chi connectivity index (χ3n) is 1.61. The lowest BCUT2D eigenvalue weighted by atomic mass is 10.0. The summed E-state index contributed by atoms with van der Waals surface area (Å²) in [4.78, 5) is 4.15. The van der Waals surface area contributed by atoms with Gasteiger partial charge in [0.15, 0.2) is 0 Å². The second kappa shape index (κ2) is 3.23. The average Bonchev–Trinajstić information content (AvgIpc) is 1.91. The molecule has 0 fully saturated rings. The van der Waals surface area contributed by atoms with Crippen LogP contribution in [-0.2, 0) is 6.42 Å². The molecule has 0 amide bonds. The van der Waals surface area contributed by atoms with Gasteiger partial charge in [-0.05, 0) is 32.4 Å². The molecule has 12 heavy (non-hydrogen) atoms. The molecule has 0 spiro atoms. The predicted octanol–water partition coefficient (Wildman–Crippen LogP) is 1.70. The first-order valence-electron chi connectivity index (χ1n) is 4.11. The van der Waals surface area contributed by atoms with Gasteiger partial charge in [-0.15, -0.1) is 0 Å². The van der Waals surface area contributed by atoms with E-state index in [-0.39, 0.29) is 0 Å². The fourth-order valence-electron chi connectivity index (χ4n) is 1.10. The number of aromatic nitrogens is 1. The molecule has 1 aromatic rings. The third kappa shape index (κ3) is 3.01. The Hall–Kier alpha value is -0.890. The number of rotatable bonds is 2. The van der Waals surface area contributed by atoms with Crippen LogP contribution in [0.3, 0.4) is 0 Å². The summed E-state index contributed by atoms with van der Waals surface area (Å²) in [5.41, 5.74) is 1.44. The molecular formula is C10H15NO. The van der Waals surface area contributed by atoms with E-state index in [0.29, 0.717) is 6.42 Å². The Morgan fingerprint density at radius 3 is 2.50 bits per heavy atom. The van der Waals surface area contributed by atoms with Gasteiger partial charge in [-0.2, -0.15) is 0 Å². The van der Waals surface area contributed by atoms with E-state index in [2.05, 4.69) is 4.98 Å². The lowest BCUT2D eigenvalue weighted by molar-refractivity contribution is 0.0809. The molecule has 0 bridgehead atoms. The van der Waals surface area contributed by atoms with E-state index in [1.165, 1.54) is 0 Å². The van der Waals surface area contributed by atoms with Gasteiger partial charge in [0.2, 0.25) is 0 Å². The van der Waals surface area contributed by atoms with Gasteiger partial charge in [0, 0.05) is 18.3 Å². The van der Waals surface area contributed by atoms with Crippen molar-refractivity contribution in [2.75, 3.05) is 0 Å². The quantitative estimate of drug-likeness (QED) is 0.723. The first-order chi connectivity index (χ1) is 5.47. The van der Waals surface area contributed by atoms with Crippen molar-refractivity contribution < 1.29 is 5.11 Å². The van der Waals surface area contributed by atoms with E-state index in [4.69, 9.17) is 0 Å². The Bertz CT molecular complexity index is 246. The highest BCUT2D eigenvalue weighted by Crippen LogP contribution is 2.11. The average molecular weight is 165 g/mol. The Morgan fingerprint density at radius 2 is 2.08 bits per heavy atom. The number of hydrogen-bond donors (Lipinski definition) is 1. The van der Waals surface area contributed by atoms with Gasteiger partial charge in [-0.1, -0.05) is 6.07 Å². The molecule has 2 heteroatoms. The maximum atomic E-state index is 9.51. The SMILES string of the molecule is Cc1ccc(CC(C)(C)O)cn1. The standard InChI is InChI=1S/C10H15NO/c1-8-4-5-9(7-11-8)6-10(2,3)12/h4-5,7,12H,6H2,1-3H3. The summed E-state index contributed by atoms with van der Waals surface area (Å²) in [7, 11) is 0. The van der Waals surface area contributed by atoms with Crippen LogP contribution in [0.1, 0.15) is 25.1 Å². The number of aryl methyl sites for hydroxylation is 1. The number of hydrogen-bond acceptors (Lipinski definition) is 2. The minimum absolute atomic E-state index is 0.642. The Labute approximate surface area is 73.3 Å². The first-order valence-corrected chi connectivity index (χ1v) is 4.11.